The van der Waals surface area contributed by atoms with E-state index in [1.807, 2.05) is 17.8 Å². The van der Waals surface area contributed by atoms with Crippen LogP contribution in [0.4, 0.5) is 20.4 Å². The molecular weight excluding hydrogens is 440 g/mol. The van der Waals surface area contributed by atoms with E-state index < -0.39 is 11.6 Å². The molecule has 2 aromatic heterocycles. The Morgan fingerprint density at radius 2 is 1.79 bits per heavy atom. The van der Waals surface area contributed by atoms with Crippen molar-refractivity contribution in [2.75, 3.05) is 23.3 Å². The number of nitrogens with zero attached hydrogens (tertiary/aromatic N) is 6. The third-order valence-electron chi connectivity index (χ3n) is 7.20. The summed E-state index contributed by atoms with van der Waals surface area (Å²) in [5.74, 6) is 1.14. The lowest BCUT2D eigenvalue weighted by Gasteiger charge is -2.39. The van der Waals surface area contributed by atoms with Gasteiger partial charge >= 0.3 is 0 Å². The summed E-state index contributed by atoms with van der Waals surface area (Å²) in [5, 5.41) is 16.5. The first-order valence-corrected chi connectivity index (χ1v) is 11.9. The summed E-state index contributed by atoms with van der Waals surface area (Å²) in [7, 11) is 0. The molecule has 8 nitrogen and oxygen atoms in total. The van der Waals surface area contributed by atoms with Crippen molar-refractivity contribution in [2.24, 2.45) is 11.8 Å². The van der Waals surface area contributed by atoms with Crippen LogP contribution in [0.5, 0.6) is 5.75 Å². The van der Waals surface area contributed by atoms with Gasteiger partial charge in [-0.2, -0.15) is 15.2 Å². The first-order chi connectivity index (χ1) is 16.5. The molecule has 6 rings (SSSR count). The van der Waals surface area contributed by atoms with Gasteiger partial charge in [0, 0.05) is 43.9 Å². The normalized spacial score (nSPS) is 25.8. The van der Waals surface area contributed by atoms with Crippen molar-refractivity contribution in [3.63, 3.8) is 0 Å². The predicted molar refractivity (Wildman–Crippen MR) is 122 cm³/mol. The molecule has 1 N–H and O–H groups in total. The molecule has 4 heterocycles. The van der Waals surface area contributed by atoms with Crippen molar-refractivity contribution < 1.29 is 13.5 Å². The lowest BCUT2D eigenvalue weighted by molar-refractivity contribution is 0.154. The molecule has 34 heavy (non-hydrogen) atoms. The largest absolute Gasteiger partial charge is 0.482 e. The zero-order valence-electron chi connectivity index (χ0n) is 19.0. The number of hydrogen-bond acceptors (Lipinski definition) is 7. The molecule has 2 fully saturated rings. The number of ether oxygens (including phenoxy) is 1. The monoisotopic (exact) mass is 467 g/mol. The molecule has 3 aromatic rings. The van der Waals surface area contributed by atoms with Crippen LogP contribution in [-0.4, -0.2) is 44.1 Å². The summed E-state index contributed by atoms with van der Waals surface area (Å²) in [6.07, 6.45) is 5.37. The number of rotatable bonds is 5. The lowest BCUT2D eigenvalue weighted by atomic mass is 9.92. The van der Waals surface area contributed by atoms with E-state index >= 15 is 0 Å². The smallest absolute Gasteiger partial charge is 0.242 e. The Bertz CT molecular complexity index is 1170. The average Bonchev–Trinajstić information content (AvgIpc) is 3.30. The molecule has 1 saturated heterocycles. The van der Waals surface area contributed by atoms with Gasteiger partial charge in [-0.05, 0) is 50.5 Å². The number of hydrogen-bond donors (Lipinski definition) is 1. The van der Waals surface area contributed by atoms with E-state index in [9.17, 15) is 8.78 Å². The van der Waals surface area contributed by atoms with E-state index in [0.29, 0.717) is 29.7 Å². The number of fused-ring (bicyclic) bond motifs is 3. The standard InChI is InChI=1S/C24H27F2N7O/c1-14-7-19(11-27-30-14)32-12-15-4-5-16(13-32)22(15)28-24-29-23-21(3-2-6-33(23)31-24)34-20-9-17(25)8-18(26)10-20/h7-11,15-16,21-22H,2-6,12-13H2,1H3,(H,28,31)/t15-,16+,21-,22-/m0/s1. The SMILES string of the molecule is Cc1cc(N2C[C@H]3CC[C@@H](C2)[C@@H]3Nc2nc3n(n2)CCC[C@@H]3Oc2cc(F)cc(F)c2)cnn1. The highest BCUT2D eigenvalue weighted by Crippen LogP contribution is 2.40. The number of nitrogens with one attached hydrogen (secondary N) is 1. The quantitative estimate of drug-likeness (QED) is 0.610. The zero-order chi connectivity index (χ0) is 23.2. The molecule has 1 saturated carbocycles. The summed E-state index contributed by atoms with van der Waals surface area (Å²) in [5.41, 5.74) is 2.06. The fourth-order valence-corrected chi connectivity index (χ4v) is 5.70. The molecule has 3 aliphatic rings. The number of anilines is 2. The minimum atomic E-state index is -0.658. The highest BCUT2D eigenvalue weighted by molar-refractivity contribution is 5.46. The van der Waals surface area contributed by atoms with Crippen molar-refractivity contribution >= 4 is 11.6 Å². The molecular formula is C24H27F2N7O. The Balaban J connectivity index is 1.17. The van der Waals surface area contributed by atoms with E-state index in [-0.39, 0.29) is 11.9 Å². The number of halogens is 2. The molecule has 10 heteroatoms. The first-order valence-electron chi connectivity index (χ1n) is 11.9. The molecule has 2 bridgehead atoms. The van der Waals surface area contributed by atoms with E-state index in [0.717, 1.165) is 49.9 Å². The van der Waals surface area contributed by atoms with Gasteiger partial charge in [-0.3, -0.25) is 0 Å². The molecule has 4 atom stereocenters. The minimum Gasteiger partial charge on any atom is -0.482 e. The Labute approximate surface area is 196 Å². The van der Waals surface area contributed by atoms with E-state index in [1.165, 1.54) is 25.0 Å². The van der Waals surface area contributed by atoms with Gasteiger partial charge in [0.05, 0.1) is 17.6 Å². The van der Waals surface area contributed by atoms with Gasteiger partial charge in [0.2, 0.25) is 5.95 Å². The maximum absolute atomic E-state index is 13.6. The van der Waals surface area contributed by atoms with Gasteiger partial charge < -0.3 is 15.0 Å². The molecule has 2 aliphatic heterocycles. The van der Waals surface area contributed by atoms with Crippen LogP contribution in [0.1, 0.15) is 43.3 Å². The fraction of sp³-hybridized carbons (Fsp3) is 0.500. The van der Waals surface area contributed by atoms with Crippen LogP contribution in [-0.2, 0) is 6.54 Å². The second kappa shape index (κ2) is 8.48. The summed E-state index contributed by atoms with van der Waals surface area (Å²) >= 11 is 0. The first kappa shape index (κ1) is 21.2. The molecule has 0 unspecified atom stereocenters. The van der Waals surface area contributed by atoms with Gasteiger partial charge in [-0.15, -0.1) is 5.10 Å². The van der Waals surface area contributed by atoms with Crippen LogP contribution in [0.25, 0.3) is 0 Å². The van der Waals surface area contributed by atoms with Gasteiger partial charge in [-0.1, -0.05) is 0 Å². The second-order valence-corrected chi connectivity index (χ2v) is 9.60. The van der Waals surface area contributed by atoms with Crippen molar-refractivity contribution in [1.82, 2.24) is 25.0 Å². The van der Waals surface area contributed by atoms with Crippen molar-refractivity contribution in [2.45, 2.75) is 51.3 Å². The van der Waals surface area contributed by atoms with Crippen LogP contribution in [0.3, 0.4) is 0 Å². The number of piperidine rings is 1. The number of aromatic nitrogens is 5. The molecule has 1 aliphatic carbocycles. The van der Waals surface area contributed by atoms with Crippen molar-refractivity contribution in [3.8, 4) is 5.75 Å². The van der Waals surface area contributed by atoms with Crippen LogP contribution >= 0.6 is 0 Å². The highest BCUT2D eigenvalue weighted by atomic mass is 19.1. The maximum atomic E-state index is 13.6. The van der Waals surface area contributed by atoms with Gasteiger partial charge in [0.25, 0.3) is 0 Å². The minimum absolute atomic E-state index is 0.166. The fourth-order valence-electron chi connectivity index (χ4n) is 5.70. The Morgan fingerprint density at radius 1 is 1.03 bits per heavy atom. The van der Waals surface area contributed by atoms with Crippen molar-refractivity contribution in [3.05, 3.63) is 53.6 Å². The number of benzene rings is 1. The Hall–Kier alpha value is -3.30. The van der Waals surface area contributed by atoms with Crippen molar-refractivity contribution in [1.29, 1.82) is 0 Å². The number of aryl methyl sites for hydroxylation is 2. The Morgan fingerprint density at radius 3 is 2.53 bits per heavy atom. The molecule has 0 radical (unpaired) electrons. The van der Waals surface area contributed by atoms with Crippen LogP contribution in [0.2, 0.25) is 0 Å². The average molecular weight is 468 g/mol. The summed E-state index contributed by atoms with van der Waals surface area (Å²) in [4.78, 5) is 7.16. The molecule has 1 aromatic carbocycles. The highest BCUT2D eigenvalue weighted by Gasteiger charge is 2.43. The van der Waals surface area contributed by atoms with E-state index in [2.05, 4.69) is 26.5 Å². The van der Waals surface area contributed by atoms with Crippen LogP contribution in [0.15, 0.2) is 30.5 Å². The molecule has 178 valence electrons. The second-order valence-electron chi connectivity index (χ2n) is 9.60. The van der Waals surface area contributed by atoms with Crippen LogP contribution < -0.4 is 15.0 Å². The predicted octanol–water partition coefficient (Wildman–Crippen LogP) is 3.90. The third kappa shape index (κ3) is 4.05. The van der Waals surface area contributed by atoms with Gasteiger partial charge in [-0.25, -0.2) is 13.5 Å². The zero-order valence-corrected chi connectivity index (χ0v) is 19.0. The Kier molecular flexibility index (Phi) is 5.30. The molecule has 0 spiro atoms. The van der Waals surface area contributed by atoms with E-state index in [4.69, 9.17) is 14.8 Å². The maximum Gasteiger partial charge on any atom is 0.242 e. The van der Waals surface area contributed by atoms with Gasteiger partial charge in [0.1, 0.15) is 17.4 Å². The topological polar surface area (TPSA) is 81.0 Å². The molecule has 0 amide bonds. The third-order valence-corrected chi connectivity index (χ3v) is 7.20. The van der Waals surface area contributed by atoms with Gasteiger partial charge in [0.15, 0.2) is 11.9 Å². The van der Waals surface area contributed by atoms with E-state index in [1.54, 1.807) is 0 Å². The summed E-state index contributed by atoms with van der Waals surface area (Å²) < 4.78 is 35.0. The summed E-state index contributed by atoms with van der Waals surface area (Å²) in [6, 6.07) is 5.64. The lowest BCUT2D eigenvalue weighted by Crippen LogP contribution is -2.48. The summed E-state index contributed by atoms with van der Waals surface area (Å²) in [6.45, 7) is 4.64. The van der Waals surface area contributed by atoms with Crippen LogP contribution in [0, 0.1) is 30.4 Å².